The number of hydrogen-bond acceptors (Lipinski definition) is 7. The van der Waals surface area contributed by atoms with Crippen molar-refractivity contribution in [3.8, 4) is 11.5 Å². The summed E-state index contributed by atoms with van der Waals surface area (Å²) in [6.45, 7) is 0. The van der Waals surface area contributed by atoms with Crippen molar-refractivity contribution >= 4 is 62.5 Å². The van der Waals surface area contributed by atoms with E-state index in [0.29, 0.717) is 5.69 Å². The Bertz CT molecular complexity index is 1080. The molecule has 2 aromatic rings. The largest absolute Gasteiger partial charge is 0.500 e. The number of nitro groups is 1. The highest BCUT2D eigenvalue weighted by Gasteiger charge is 2.34. The summed E-state index contributed by atoms with van der Waals surface area (Å²) in [6, 6.07) is 8.99. The third-order valence-electron chi connectivity index (χ3n) is 3.99. The van der Waals surface area contributed by atoms with Gasteiger partial charge in [0.15, 0.2) is 10.9 Å². The van der Waals surface area contributed by atoms with Crippen LogP contribution in [-0.2, 0) is 9.59 Å². The molecule has 1 aliphatic rings. The monoisotopic (exact) mass is 477 g/mol. The van der Waals surface area contributed by atoms with E-state index in [2.05, 4.69) is 21.2 Å². The molecule has 1 heterocycles. The van der Waals surface area contributed by atoms with Crippen LogP contribution in [0.4, 0.5) is 11.4 Å². The summed E-state index contributed by atoms with van der Waals surface area (Å²) in [7, 11) is 1.22. The molecule has 2 aromatic carbocycles. The van der Waals surface area contributed by atoms with Gasteiger partial charge in [-0.1, -0.05) is 15.9 Å². The Balaban J connectivity index is 2.08. The fourth-order valence-electron chi connectivity index (χ4n) is 2.64. The maximum atomic E-state index is 13.0. The summed E-state index contributed by atoms with van der Waals surface area (Å²) < 4.78 is 5.72. The first-order valence-electron chi connectivity index (χ1n) is 7.95. The number of phenols is 1. The molecule has 3 rings (SSSR count). The number of nitrogens with one attached hydrogen (secondary N) is 1. The van der Waals surface area contributed by atoms with Gasteiger partial charge in [0.05, 0.1) is 17.7 Å². The van der Waals surface area contributed by atoms with Crippen LogP contribution in [0, 0.1) is 10.1 Å². The lowest BCUT2D eigenvalue weighted by atomic mass is 10.1. The van der Waals surface area contributed by atoms with E-state index < -0.39 is 28.2 Å². The van der Waals surface area contributed by atoms with Crippen molar-refractivity contribution in [2.24, 2.45) is 0 Å². The molecule has 0 atom stereocenters. The van der Waals surface area contributed by atoms with Crippen molar-refractivity contribution in [3.05, 3.63) is 62.1 Å². The molecule has 29 heavy (non-hydrogen) atoms. The minimum absolute atomic E-state index is 0.0891. The van der Waals surface area contributed by atoms with E-state index in [1.54, 1.807) is 24.3 Å². The average molecular weight is 478 g/mol. The summed E-state index contributed by atoms with van der Waals surface area (Å²) in [6.07, 6.45) is 1.17. The molecule has 148 valence electrons. The number of nitro benzene ring substituents is 1. The molecular formula is C18H12BrN3O6S. The van der Waals surface area contributed by atoms with E-state index in [0.717, 1.165) is 15.4 Å². The number of carbonyl (C=O) groups is 2. The number of rotatable bonds is 4. The minimum Gasteiger partial charge on any atom is -0.500 e. The Kier molecular flexibility index (Phi) is 5.62. The number of methoxy groups -OCH3 is 1. The van der Waals surface area contributed by atoms with Gasteiger partial charge >= 0.3 is 5.69 Å². The van der Waals surface area contributed by atoms with Gasteiger partial charge in [0.25, 0.3) is 11.8 Å². The van der Waals surface area contributed by atoms with E-state index in [9.17, 15) is 24.8 Å². The summed E-state index contributed by atoms with van der Waals surface area (Å²) >= 11 is 8.42. The number of phenolic OH excluding ortho intramolecular Hbond substituents is 1. The molecule has 1 aliphatic heterocycles. The van der Waals surface area contributed by atoms with E-state index in [1.807, 2.05) is 0 Å². The highest BCUT2D eigenvalue weighted by molar-refractivity contribution is 9.10. The van der Waals surface area contributed by atoms with Crippen LogP contribution in [0.3, 0.4) is 0 Å². The standard InChI is InChI=1S/C18H12BrN3O6S/c1-28-14-8-9(7-13(15(14)23)22(26)27)6-12-16(24)20-18(29)21(17(12)25)11-4-2-10(19)3-5-11/h2-8,23H,1H3,(H,20,24,29)/b12-6-. The lowest BCUT2D eigenvalue weighted by Crippen LogP contribution is -2.54. The molecular weight excluding hydrogens is 466 g/mol. The minimum atomic E-state index is -0.800. The van der Waals surface area contributed by atoms with Crippen molar-refractivity contribution in [1.82, 2.24) is 5.32 Å². The second-order valence-corrected chi connectivity index (χ2v) is 7.08. The fourth-order valence-corrected chi connectivity index (χ4v) is 3.19. The van der Waals surface area contributed by atoms with Crippen molar-refractivity contribution in [1.29, 1.82) is 0 Å². The molecule has 0 aromatic heterocycles. The summed E-state index contributed by atoms with van der Waals surface area (Å²) in [4.78, 5) is 36.8. The van der Waals surface area contributed by atoms with Gasteiger partial charge in [0, 0.05) is 10.5 Å². The van der Waals surface area contributed by atoms with Crippen LogP contribution >= 0.6 is 28.1 Å². The van der Waals surface area contributed by atoms with Gasteiger partial charge in [-0.25, -0.2) is 0 Å². The molecule has 1 fully saturated rings. The first-order valence-corrected chi connectivity index (χ1v) is 9.15. The average Bonchev–Trinajstić information content (AvgIpc) is 2.67. The third kappa shape index (κ3) is 3.96. The quantitative estimate of drug-likeness (QED) is 0.228. The van der Waals surface area contributed by atoms with Crippen LogP contribution in [0.5, 0.6) is 11.5 Å². The summed E-state index contributed by atoms with van der Waals surface area (Å²) in [5, 5.41) is 23.4. The van der Waals surface area contributed by atoms with Gasteiger partial charge in [-0.05, 0) is 54.2 Å². The normalized spacial score (nSPS) is 15.4. The first-order chi connectivity index (χ1) is 13.7. The van der Waals surface area contributed by atoms with Crippen LogP contribution in [-0.4, -0.2) is 34.1 Å². The van der Waals surface area contributed by atoms with Gasteiger partial charge < -0.3 is 9.84 Å². The number of ether oxygens (including phenoxy) is 1. The highest BCUT2D eigenvalue weighted by atomic mass is 79.9. The smallest absolute Gasteiger partial charge is 0.315 e. The lowest BCUT2D eigenvalue weighted by Gasteiger charge is -2.29. The Morgan fingerprint density at radius 2 is 1.93 bits per heavy atom. The lowest BCUT2D eigenvalue weighted by molar-refractivity contribution is -0.386. The van der Waals surface area contributed by atoms with Crippen LogP contribution in [0.1, 0.15) is 5.56 Å². The van der Waals surface area contributed by atoms with Gasteiger partial charge in [-0.15, -0.1) is 0 Å². The van der Waals surface area contributed by atoms with E-state index in [1.165, 1.54) is 19.3 Å². The second kappa shape index (κ2) is 7.97. The topological polar surface area (TPSA) is 122 Å². The number of benzene rings is 2. The summed E-state index contributed by atoms with van der Waals surface area (Å²) in [5.74, 6) is -2.27. The Morgan fingerprint density at radius 3 is 2.52 bits per heavy atom. The van der Waals surface area contributed by atoms with Gasteiger partial charge in [-0.2, -0.15) is 0 Å². The molecule has 1 saturated heterocycles. The molecule has 0 radical (unpaired) electrons. The molecule has 2 amide bonds. The summed E-state index contributed by atoms with van der Waals surface area (Å²) in [5.41, 5.74) is -0.361. The predicted molar refractivity (Wildman–Crippen MR) is 112 cm³/mol. The molecule has 0 saturated carbocycles. The number of nitrogens with zero attached hydrogens (tertiary/aromatic N) is 2. The van der Waals surface area contributed by atoms with Crippen molar-refractivity contribution < 1.29 is 24.4 Å². The molecule has 11 heteroatoms. The van der Waals surface area contributed by atoms with Crippen LogP contribution in [0.15, 0.2) is 46.4 Å². The van der Waals surface area contributed by atoms with Crippen molar-refractivity contribution in [2.45, 2.75) is 0 Å². The van der Waals surface area contributed by atoms with Crippen LogP contribution < -0.4 is 15.0 Å². The van der Waals surface area contributed by atoms with Crippen molar-refractivity contribution in [2.75, 3.05) is 12.0 Å². The predicted octanol–water partition coefficient (Wildman–Crippen LogP) is 2.90. The van der Waals surface area contributed by atoms with Crippen LogP contribution in [0.2, 0.25) is 0 Å². The van der Waals surface area contributed by atoms with E-state index >= 15 is 0 Å². The maximum Gasteiger partial charge on any atom is 0.315 e. The first kappa shape index (κ1) is 20.4. The number of thiocarbonyl (C=S) groups is 1. The molecule has 0 spiro atoms. The Hall–Kier alpha value is -3.31. The highest BCUT2D eigenvalue weighted by Crippen LogP contribution is 2.37. The van der Waals surface area contributed by atoms with Gasteiger partial charge in [0.1, 0.15) is 5.57 Å². The van der Waals surface area contributed by atoms with Gasteiger partial charge in [-0.3, -0.25) is 29.9 Å². The molecule has 0 bridgehead atoms. The zero-order chi connectivity index (χ0) is 21.3. The zero-order valence-corrected chi connectivity index (χ0v) is 17.1. The van der Waals surface area contributed by atoms with E-state index in [-0.39, 0.29) is 22.0 Å². The number of hydrogen-bond donors (Lipinski definition) is 2. The van der Waals surface area contributed by atoms with Crippen molar-refractivity contribution in [3.63, 3.8) is 0 Å². The maximum absolute atomic E-state index is 13.0. The molecule has 0 unspecified atom stereocenters. The number of aromatic hydroxyl groups is 1. The third-order valence-corrected chi connectivity index (χ3v) is 4.80. The second-order valence-electron chi connectivity index (χ2n) is 5.78. The van der Waals surface area contributed by atoms with E-state index in [4.69, 9.17) is 17.0 Å². The number of anilines is 1. The Labute approximate surface area is 177 Å². The molecule has 0 aliphatic carbocycles. The molecule has 2 N–H and O–H groups in total. The fraction of sp³-hybridized carbons (Fsp3) is 0.0556. The number of halogens is 1. The Morgan fingerprint density at radius 1 is 1.28 bits per heavy atom. The number of amides is 2. The SMILES string of the molecule is COc1cc(/C=C2/C(=O)NC(=S)N(c3ccc(Br)cc3)C2=O)cc([N+](=O)[O-])c1O. The van der Waals surface area contributed by atoms with Gasteiger partial charge in [0.2, 0.25) is 5.75 Å². The zero-order valence-electron chi connectivity index (χ0n) is 14.7. The number of carbonyl (C=O) groups excluding carboxylic acids is 2. The van der Waals surface area contributed by atoms with Crippen LogP contribution in [0.25, 0.3) is 6.08 Å². The molecule has 9 nitrogen and oxygen atoms in total.